The smallest absolute Gasteiger partial charge is 0.234 e. The third kappa shape index (κ3) is 5.90. The van der Waals surface area contributed by atoms with Crippen LogP contribution in [0.15, 0.2) is 5.11 Å². The van der Waals surface area contributed by atoms with Crippen molar-refractivity contribution in [2.24, 2.45) is 16.8 Å². The molecule has 0 aliphatic carbocycles. The number of ether oxygens (including phenoxy) is 1. The van der Waals surface area contributed by atoms with Crippen molar-refractivity contribution < 1.29 is 9.53 Å². The molecular formula is C8H17N5O2. The van der Waals surface area contributed by atoms with Crippen LogP contribution in [-0.4, -0.2) is 38.8 Å². The second kappa shape index (κ2) is 8.05. The van der Waals surface area contributed by atoms with E-state index in [0.29, 0.717) is 19.7 Å². The Hall–Kier alpha value is -1.30. The average Bonchev–Trinajstić information content (AvgIpc) is 2.17. The van der Waals surface area contributed by atoms with Crippen LogP contribution < -0.4 is 11.1 Å². The predicted octanol–water partition coefficient (Wildman–Crippen LogP) is 0.0227. The molecule has 0 aromatic carbocycles. The zero-order chi connectivity index (χ0) is 11.7. The van der Waals surface area contributed by atoms with Crippen molar-refractivity contribution in [1.82, 2.24) is 5.32 Å². The molecule has 2 unspecified atom stereocenters. The van der Waals surface area contributed by atoms with Gasteiger partial charge in [0.05, 0.1) is 12.6 Å². The zero-order valence-electron chi connectivity index (χ0n) is 9.01. The highest BCUT2D eigenvalue weighted by Gasteiger charge is 2.21. The number of amides is 1. The van der Waals surface area contributed by atoms with Gasteiger partial charge in [0.2, 0.25) is 5.91 Å². The van der Waals surface area contributed by atoms with Gasteiger partial charge < -0.3 is 15.8 Å². The van der Waals surface area contributed by atoms with Gasteiger partial charge in [-0.2, -0.15) is 0 Å². The molecule has 86 valence electrons. The molecule has 0 fully saturated rings. The molecule has 0 aromatic rings. The number of nitrogens with zero attached hydrogens (tertiary/aromatic N) is 3. The van der Waals surface area contributed by atoms with Crippen LogP contribution in [0.4, 0.5) is 0 Å². The lowest BCUT2D eigenvalue weighted by atomic mass is 10.0. The van der Waals surface area contributed by atoms with E-state index in [4.69, 9.17) is 16.0 Å². The first-order chi connectivity index (χ1) is 7.13. The maximum Gasteiger partial charge on any atom is 0.234 e. The van der Waals surface area contributed by atoms with Crippen LogP contribution >= 0.6 is 0 Å². The first-order valence-corrected chi connectivity index (χ1v) is 4.66. The van der Waals surface area contributed by atoms with Crippen molar-refractivity contribution in [3.63, 3.8) is 0 Å². The van der Waals surface area contributed by atoms with Gasteiger partial charge in [0.15, 0.2) is 0 Å². The summed E-state index contributed by atoms with van der Waals surface area (Å²) in [6.07, 6.45) is 0. The standard InChI is InChI=1S/C8H17N5O2/c1-6(5-15-2)7(8(9)14)11-3-4-12-13-10/h6-7,11H,3-5H2,1-2H3,(H2,9,14). The molecular weight excluding hydrogens is 198 g/mol. The van der Waals surface area contributed by atoms with Crippen molar-refractivity contribution in [1.29, 1.82) is 0 Å². The van der Waals surface area contributed by atoms with Crippen LogP contribution in [0.2, 0.25) is 0 Å². The monoisotopic (exact) mass is 215 g/mol. The summed E-state index contributed by atoms with van der Waals surface area (Å²) in [6, 6.07) is -0.459. The number of carbonyl (C=O) groups is 1. The predicted molar refractivity (Wildman–Crippen MR) is 56.0 cm³/mol. The average molecular weight is 215 g/mol. The number of nitrogens with one attached hydrogen (secondary N) is 1. The molecule has 0 heterocycles. The Kier molecular flexibility index (Phi) is 7.35. The second-order valence-corrected chi connectivity index (χ2v) is 3.22. The van der Waals surface area contributed by atoms with Gasteiger partial charge in [-0.15, -0.1) is 0 Å². The van der Waals surface area contributed by atoms with Gasteiger partial charge in [-0.05, 0) is 5.53 Å². The molecule has 0 bridgehead atoms. The quantitative estimate of drug-likeness (QED) is 0.257. The Morgan fingerprint density at radius 2 is 2.40 bits per heavy atom. The van der Waals surface area contributed by atoms with E-state index in [9.17, 15) is 4.79 Å². The number of hydrogen-bond acceptors (Lipinski definition) is 4. The first-order valence-electron chi connectivity index (χ1n) is 4.66. The molecule has 15 heavy (non-hydrogen) atoms. The number of nitrogens with two attached hydrogens (primary N) is 1. The van der Waals surface area contributed by atoms with Gasteiger partial charge in [0.1, 0.15) is 0 Å². The van der Waals surface area contributed by atoms with Gasteiger partial charge >= 0.3 is 0 Å². The number of carbonyl (C=O) groups excluding carboxylic acids is 1. The number of rotatable bonds is 8. The van der Waals surface area contributed by atoms with Gasteiger partial charge in [-0.1, -0.05) is 12.0 Å². The van der Waals surface area contributed by atoms with Crippen LogP contribution in [0.3, 0.4) is 0 Å². The SMILES string of the molecule is COCC(C)C(NCCN=[N+]=[N-])C(N)=O. The highest BCUT2D eigenvalue weighted by molar-refractivity contribution is 5.80. The molecule has 0 aliphatic rings. The van der Waals surface area contributed by atoms with Crippen molar-refractivity contribution >= 4 is 5.91 Å². The first kappa shape index (κ1) is 13.7. The van der Waals surface area contributed by atoms with E-state index in [-0.39, 0.29) is 5.92 Å². The fourth-order valence-corrected chi connectivity index (χ4v) is 1.26. The van der Waals surface area contributed by atoms with Crippen molar-refractivity contribution in [2.75, 3.05) is 26.8 Å². The molecule has 7 heteroatoms. The summed E-state index contributed by atoms with van der Waals surface area (Å²) in [7, 11) is 1.56. The maximum absolute atomic E-state index is 11.1. The van der Waals surface area contributed by atoms with Gasteiger partial charge in [-0.25, -0.2) is 0 Å². The summed E-state index contributed by atoms with van der Waals surface area (Å²) in [4.78, 5) is 13.7. The van der Waals surface area contributed by atoms with Crippen molar-refractivity contribution in [2.45, 2.75) is 13.0 Å². The molecule has 0 aromatic heterocycles. The molecule has 7 nitrogen and oxygen atoms in total. The molecule has 0 radical (unpaired) electrons. The minimum atomic E-state index is -0.459. The van der Waals surface area contributed by atoms with Crippen molar-refractivity contribution in [3.05, 3.63) is 10.4 Å². The molecule has 0 spiro atoms. The van der Waals surface area contributed by atoms with E-state index in [1.54, 1.807) is 7.11 Å². The van der Waals surface area contributed by atoms with Crippen molar-refractivity contribution in [3.8, 4) is 0 Å². The van der Waals surface area contributed by atoms with Crippen LogP contribution in [-0.2, 0) is 9.53 Å². The minimum Gasteiger partial charge on any atom is -0.384 e. The highest BCUT2D eigenvalue weighted by Crippen LogP contribution is 2.02. The molecule has 0 rings (SSSR count). The maximum atomic E-state index is 11.1. The van der Waals surface area contributed by atoms with Crippen LogP contribution in [0.1, 0.15) is 6.92 Å². The summed E-state index contributed by atoms with van der Waals surface area (Å²) in [5, 5.41) is 6.26. The van der Waals surface area contributed by atoms with E-state index in [1.165, 1.54) is 0 Å². The van der Waals surface area contributed by atoms with Gasteiger partial charge in [0.25, 0.3) is 0 Å². The molecule has 0 saturated heterocycles. The Morgan fingerprint density at radius 3 is 2.87 bits per heavy atom. The molecule has 2 atom stereocenters. The van der Waals surface area contributed by atoms with E-state index in [0.717, 1.165) is 0 Å². The summed E-state index contributed by atoms with van der Waals surface area (Å²) in [5.74, 6) is -0.445. The number of azide groups is 1. The van der Waals surface area contributed by atoms with E-state index in [1.807, 2.05) is 6.92 Å². The Labute approximate surface area is 88.6 Å². The highest BCUT2D eigenvalue weighted by atomic mass is 16.5. The molecule has 3 N–H and O–H groups in total. The van der Waals surface area contributed by atoms with E-state index in [2.05, 4.69) is 15.3 Å². The van der Waals surface area contributed by atoms with E-state index < -0.39 is 11.9 Å². The van der Waals surface area contributed by atoms with Gasteiger partial charge in [-0.3, -0.25) is 4.79 Å². The molecule has 0 aliphatic heterocycles. The summed E-state index contributed by atoms with van der Waals surface area (Å²) in [5.41, 5.74) is 13.3. The number of hydrogen-bond donors (Lipinski definition) is 2. The normalized spacial score (nSPS) is 14.0. The topological polar surface area (TPSA) is 113 Å². The van der Waals surface area contributed by atoms with Gasteiger partial charge in [0, 0.05) is 31.0 Å². The Morgan fingerprint density at radius 1 is 1.73 bits per heavy atom. The Bertz CT molecular complexity index is 239. The number of methoxy groups -OCH3 is 1. The fraction of sp³-hybridized carbons (Fsp3) is 0.875. The minimum absolute atomic E-state index is 0.0152. The second-order valence-electron chi connectivity index (χ2n) is 3.22. The number of primary amides is 1. The summed E-state index contributed by atoms with van der Waals surface area (Å²) in [6.45, 7) is 3.02. The molecule has 1 amide bonds. The van der Waals surface area contributed by atoms with Crippen LogP contribution in [0.5, 0.6) is 0 Å². The third-order valence-corrected chi connectivity index (χ3v) is 1.94. The van der Waals surface area contributed by atoms with Crippen LogP contribution in [0, 0.1) is 5.92 Å². The van der Waals surface area contributed by atoms with Crippen LogP contribution in [0.25, 0.3) is 10.4 Å². The summed E-state index contributed by atoms with van der Waals surface area (Å²) >= 11 is 0. The largest absolute Gasteiger partial charge is 0.384 e. The summed E-state index contributed by atoms with van der Waals surface area (Å²) < 4.78 is 4.93. The van der Waals surface area contributed by atoms with E-state index >= 15 is 0 Å². The molecule has 0 saturated carbocycles. The lowest BCUT2D eigenvalue weighted by Crippen LogP contribution is -2.47. The zero-order valence-corrected chi connectivity index (χ0v) is 9.01. The third-order valence-electron chi connectivity index (χ3n) is 1.94. The fourth-order valence-electron chi connectivity index (χ4n) is 1.26. The Balaban J connectivity index is 4.03. The lowest BCUT2D eigenvalue weighted by molar-refractivity contribution is -0.121. The lowest BCUT2D eigenvalue weighted by Gasteiger charge is -2.21.